The van der Waals surface area contributed by atoms with Gasteiger partial charge >= 0.3 is 0 Å². The smallest absolute Gasteiger partial charge is 0.191 e. The number of methoxy groups -OCH3 is 2. The van der Waals surface area contributed by atoms with Crippen LogP contribution in [-0.2, 0) is 11.3 Å². The SMILES string of the molecule is CN=C(NCCN(C)CCCOC)NCc1ccc(OC)c(C)c1.I. The van der Waals surface area contributed by atoms with Crippen molar-refractivity contribution in [2.24, 2.45) is 4.99 Å². The van der Waals surface area contributed by atoms with Gasteiger partial charge in [0.15, 0.2) is 5.96 Å². The lowest BCUT2D eigenvalue weighted by Crippen LogP contribution is -2.40. The number of likely N-dealkylation sites (N-methyl/N-ethyl adjacent to an activating group) is 1. The number of guanidine groups is 1. The molecule has 25 heavy (non-hydrogen) atoms. The minimum Gasteiger partial charge on any atom is -0.496 e. The quantitative estimate of drug-likeness (QED) is 0.241. The monoisotopic (exact) mass is 464 g/mol. The molecule has 0 bridgehead atoms. The zero-order chi connectivity index (χ0) is 17.8. The molecule has 0 atom stereocenters. The van der Waals surface area contributed by atoms with E-state index in [1.807, 2.05) is 6.07 Å². The number of nitrogens with zero attached hydrogens (tertiary/aromatic N) is 2. The summed E-state index contributed by atoms with van der Waals surface area (Å²) in [6.45, 7) is 6.44. The van der Waals surface area contributed by atoms with Gasteiger partial charge in [-0.05, 0) is 37.6 Å². The van der Waals surface area contributed by atoms with Gasteiger partial charge in [0.1, 0.15) is 5.75 Å². The van der Waals surface area contributed by atoms with E-state index in [2.05, 4.69) is 46.6 Å². The van der Waals surface area contributed by atoms with E-state index in [1.165, 1.54) is 5.56 Å². The topological polar surface area (TPSA) is 58.1 Å². The van der Waals surface area contributed by atoms with Gasteiger partial charge in [-0.15, -0.1) is 24.0 Å². The first-order chi connectivity index (χ1) is 11.6. The van der Waals surface area contributed by atoms with Crippen LogP contribution in [0, 0.1) is 6.92 Å². The molecule has 0 unspecified atom stereocenters. The molecule has 2 N–H and O–H groups in total. The molecule has 0 fully saturated rings. The second-order valence-corrected chi connectivity index (χ2v) is 5.81. The summed E-state index contributed by atoms with van der Waals surface area (Å²) in [5, 5.41) is 6.68. The Bertz CT molecular complexity index is 512. The summed E-state index contributed by atoms with van der Waals surface area (Å²) in [5.74, 6) is 1.73. The van der Waals surface area contributed by atoms with E-state index in [4.69, 9.17) is 9.47 Å². The lowest BCUT2D eigenvalue weighted by Gasteiger charge is -2.18. The van der Waals surface area contributed by atoms with Crippen molar-refractivity contribution in [1.29, 1.82) is 0 Å². The molecule has 144 valence electrons. The van der Waals surface area contributed by atoms with Crippen molar-refractivity contribution in [2.45, 2.75) is 19.9 Å². The minimum absolute atomic E-state index is 0. The highest BCUT2D eigenvalue weighted by Gasteiger charge is 2.03. The first kappa shape index (κ1) is 23.9. The fraction of sp³-hybridized carbons (Fsp3) is 0.611. The number of ether oxygens (including phenoxy) is 2. The maximum absolute atomic E-state index is 5.29. The van der Waals surface area contributed by atoms with Gasteiger partial charge in [-0.25, -0.2) is 0 Å². The van der Waals surface area contributed by atoms with Crippen LogP contribution in [0.4, 0.5) is 0 Å². The van der Waals surface area contributed by atoms with Crippen molar-refractivity contribution >= 4 is 29.9 Å². The summed E-state index contributed by atoms with van der Waals surface area (Å²) < 4.78 is 10.4. The van der Waals surface area contributed by atoms with Crippen LogP contribution in [0.15, 0.2) is 23.2 Å². The highest BCUT2D eigenvalue weighted by atomic mass is 127. The van der Waals surface area contributed by atoms with Crippen LogP contribution in [0.1, 0.15) is 17.5 Å². The summed E-state index contributed by atoms with van der Waals surface area (Å²) in [6.07, 6.45) is 1.05. The molecule has 0 saturated carbocycles. The summed E-state index contributed by atoms with van der Waals surface area (Å²) >= 11 is 0. The fourth-order valence-electron chi connectivity index (χ4n) is 2.41. The maximum atomic E-state index is 5.29. The van der Waals surface area contributed by atoms with E-state index < -0.39 is 0 Å². The highest BCUT2D eigenvalue weighted by Crippen LogP contribution is 2.18. The summed E-state index contributed by atoms with van der Waals surface area (Å²) in [4.78, 5) is 6.55. The normalized spacial score (nSPS) is 11.2. The largest absolute Gasteiger partial charge is 0.496 e. The number of benzene rings is 1. The van der Waals surface area contributed by atoms with E-state index in [0.717, 1.165) is 56.5 Å². The number of halogens is 1. The molecular formula is C18H33IN4O2. The molecule has 0 aromatic heterocycles. The third-order valence-electron chi connectivity index (χ3n) is 3.82. The number of aryl methyl sites for hydroxylation is 1. The molecule has 1 rings (SSSR count). The van der Waals surface area contributed by atoms with Crippen molar-refractivity contribution < 1.29 is 9.47 Å². The Hall–Kier alpha value is -1.06. The summed E-state index contributed by atoms with van der Waals surface area (Å²) in [5.41, 5.74) is 2.34. The second-order valence-electron chi connectivity index (χ2n) is 5.81. The van der Waals surface area contributed by atoms with Crippen LogP contribution < -0.4 is 15.4 Å². The lowest BCUT2D eigenvalue weighted by atomic mass is 10.1. The van der Waals surface area contributed by atoms with Crippen molar-refractivity contribution in [2.75, 3.05) is 54.6 Å². The molecule has 0 aliphatic heterocycles. The number of nitrogens with one attached hydrogen (secondary N) is 2. The number of rotatable bonds is 10. The molecule has 7 heteroatoms. The van der Waals surface area contributed by atoms with Gasteiger partial charge in [0.25, 0.3) is 0 Å². The fourth-order valence-corrected chi connectivity index (χ4v) is 2.41. The number of hydrogen-bond acceptors (Lipinski definition) is 4. The highest BCUT2D eigenvalue weighted by molar-refractivity contribution is 14.0. The van der Waals surface area contributed by atoms with Gasteiger partial charge in [-0.2, -0.15) is 0 Å². The Morgan fingerprint density at radius 3 is 2.56 bits per heavy atom. The van der Waals surface area contributed by atoms with Crippen LogP contribution in [-0.4, -0.2) is 65.4 Å². The van der Waals surface area contributed by atoms with Gasteiger partial charge < -0.3 is 25.0 Å². The Morgan fingerprint density at radius 2 is 1.96 bits per heavy atom. The average molecular weight is 464 g/mol. The van der Waals surface area contributed by atoms with E-state index in [1.54, 1.807) is 21.3 Å². The Morgan fingerprint density at radius 1 is 1.20 bits per heavy atom. The summed E-state index contributed by atoms with van der Waals surface area (Å²) in [6, 6.07) is 6.19. The average Bonchev–Trinajstić information content (AvgIpc) is 2.58. The van der Waals surface area contributed by atoms with Crippen LogP contribution in [0.25, 0.3) is 0 Å². The maximum Gasteiger partial charge on any atom is 0.191 e. The standard InChI is InChI=1S/C18H32N4O2.HI/c1-15-13-16(7-8-17(15)24-5)14-21-18(19-2)20-9-11-22(3)10-6-12-23-4;/h7-8,13H,6,9-12,14H2,1-5H3,(H2,19,20,21);1H. The lowest BCUT2D eigenvalue weighted by molar-refractivity contribution is 0.180. The predicted molar refractivity (Wildman–Crippen MR) is 115 cm³/mol. The van der Waals surface area contributed by atoms with Crippen molar-refractivity contribution in [3.05, 3.63) is 29.3 Å². The van der Waals surface area contributed by atoms with Gasteiger partial charge in [-0.3, -0.25) is 4.99 Å². The number of hydrogen-bond donors (Lipinski definition) is 2. The molecule has 0 radical (unpaired) electrons. The molecule has 6 nitrogen and oxygen atoms in total. The molecular weight excluding hydrogens is 431 g/mol. The van der Waals surface area contributed by atoms with Gasteiger partial charge in [-0.1, -0.05) is 12.1 Å². The molecule has 1 aromatic rings. The summed E-state index contributed by atoms with van der Waals surface area (Å²) in [7, 11) is 7.34. The Balaban J connectivity index is 0.00000576. The Labute approximate surface area is 169 Å². The molecule has 0 amide bonds. The molecule has 1 aromatic carbocycles. The van der Waals surface area contributed by atoms with Crippen molar-refractivity contribution in [3.63, 3.8) is 0 Å². The third-order valence-corrected chi connectivity index (χ3v) is 3.82. The van der Waals surface area contributed by atoms with Crippen molar-refractivity contribution in [1.82, 2.24) is 15.5 Å². The molecule has 0 heterocycles. The van der Waals surface area contributed by atoms with Crippen LogP contribution in [0.3, 0.4) is 0 Å². The third kappa shape index (κ3) is 9.86. The van der Waals surface area contributed by atoms with Gasteiger partial charge in [0, 0.05) is 46.9 Å². The van der Waals surface area contributed by atoms with E-state index in [9.17, 15) is 0 Å². The zero-order valence-corrected chi connectivity index (χ0v) is 18.4. The second kappa shape index (κ2) is 14.1. The van der Waals surface area contributed by atoms with E-state index >= 15 is 0 Å². The van der Waals surface area contributed by atoms with Crippen LogP contribution in [0.2, 0.25) is 0 Å². The van der Waals surface area contributed by atoms with Gasteiger partial charge in [0.05, 0.1) is 7.11 Å². The van der Waals surface area contributed by atoms with Crippen molar-refractivity contribution in [3.8, 4) is 5.75 Å². The Kier molecular flexibility index (Phi) is 13.5. The predicted octanol–water partition coefficient (Wildman–Crippen LogP) is 2.25. The van der Waals surface area contributed by atoms with E-state index in [0.29, 0.717) is 0 Å². The molecule has 0 saturated heterocycles. The van der Waals surface area contributed by atoms with Gasteiger partial charge in [0.2, 0.25) is 0 Å². The minimum atomic E-state index is 0. The first-order valence-corrected chi connectivity index (χ1v) is 8.36. The van der Waals surface area contributed by atoms with Crippen LogP contribution >= 0.6 is 24.0 Å². The number of aliphatic imine (C=N–C) groups is 1. The van der Waals surface area contributed by atoms with E-state index in [-0.39, 0.29) is 24.0 Å². The first-order valence-electron chi connectivity index (χ1n) is 8.36. The van der Waals surface area contributed by atoms with Crippen LogP contribution in [0.5, 0.6) is 5.75 Å². The zero-order valence-electron chi connectivity index (χ0n) is 16.1. The molecule has 0 aliphatic rings. The molecule has 0 spiro atoms. The molecule has 0 aliphatic carbocycles.